The van der Waals surface area contributed by atoms with Crippen LogP contribution in [0.1, 0.15) is 0 Å². The number of hydrogen-bond acceptors (Lipinski definition) is 5. The highest BCUT2D eigenvalue weighted by atomic mass is 79.9. The van der Waals surface area contributed by atoms with Crippen LogP contribution in [0.4, 0.5) is 10.5 Å². The minimum Gasteiger partial charge on any atom is -1.00 e. The Morgan fingerprint density at radius 3 is 2.48 bits per heavy atom. The molecule has 5 rings (SSSR count). The van der Waals surface area contributed by atoms with E-state index >= 15 is 0 Å². The monoisotopic (exact) mass is 484 g/mol. The highest BCUT2D eigenvalue weighted by Crippen LogP contribution is 2.35. The van der Waals surface area contributed by atoms with Crippen LogP contribution in [0.25, 0.3) is 11.1 Å². The smallest absolute Gasteiger partial charge is 0.414 e. The van der Waals surface area contributed by atoms with Crippen LogP contribution in [-0.2, 0) is 11.3 Å². The van der Waals surface area contributed by atoms with Gasteiger partial charge >= 0.3 is 6.09 Å². The van der Waals surface area contributed by atoms with Gasteiger partial charge in [0, 0.05) is 17.8 Å². The van der Waals surface area contributed by atoms with Crippen molar-refractivity contribution in [3.05, 3.63) is 67.0 Å². The Morgan fingerprint density at radius 2 is 1.74 bits per heavy atom. The topological polar surface area (TPSA) is 61.1 Å². The molecule has 1 saturated heterocycles. The van der Waals surface area contributed by atoms with E-state index in [1.54, 1.807) is 12.0 Å². The molecule has 0 bridgehead atoms. The van der Waals surface area contributed by atoms with E-state index in [0.29, 0.717) is 13.1 Å². The van der Waals surface area contributed by atoms with Gasteiger partial charge in [-0.1, -0.05) is 6.07 Å². The van der Waals surface area contributed by atoms with Crippen molar-refractivity contribution in [1.29, 1.82) is 0 Å². The predicted molar refractivity (Wildman–Crippen MR) is 109 cm³/mol. The van der Waals surface area contributed by atoms with E-state index in [1.807, 2.05) is 71.6 Å². The third kappa shape index (κ3) is 4.29. The van der Waals surface area contributed by atoms with Gasteiger partial charge in [0.2, 0.25) is 6.79 Å². The van der Waals surface area contributed by atoms with Crippen LogP contribution >= 0.6 is 0 Å². The molecule has 1 amide bonds. The van der Waals surface area contributed by atoms with Crippen LogP contribution in [0.15, 0.2) is 67.0 Å². The van der Waals surface area contributed by atoms with Gasteiger partial charge in [0.1, 0.15) is 5.75 Å². The molecule has 1 unspecified atom stereocenters. The van der Waals surface area contributed by atoms with E-state index in [0.717, 1.165) is 34.1 Å². The van der Waals surface area contributed by atoms with Crippen molar-refractivity contribution in [2.45, 2.75) is 12.6 Å². The lowest BCUT2D eigenvalue weighted by molar-refractivity contribution is -0.702. The fraction of sp³-hybridized carbons (Fsp3) is 0.217. The van der Waals surface area contributed by atoms with E-state index in [2.05, 4.69) is 0 Å². The van der Waals surface area contributed by atoms with Gasteiger partial charge in [-0.25, -0.2) is 9.36 Å². The average Bonchev–Trinajstić information content (AvgIpc) is 3.40. The fourth-order valence-corrected chi connectivity index (χ4v) is 3.67. The number of amides is 1. The van der Waals surface area contributed by atoms with Gasteiger partial charge in [-0.05, 0) is 47.5 Å². The van der Waals surface area contributed by atoms with Crippen molar-refractivity contribution >= 4 is 11.8 Å². The zero-order valence-electron chi connectivity index (χ0n) is 16.9. The molecule has 1 aromatic heterocycles. The van der Waals surface area contributed by atoms with Crippen molar-refractivity contribution in [3.8, 4) is 28.4 Å². The molecule has 8 heteroatoms. The lowest BCUT2D eigenvalue weighted by Gasteiger charge is -2.12. The molecular formula is C23H21BrN2O5. The van der Waals surface area contributed by atoms with Crippen molar-refractivity contribution < 1.29 is 45.3 Å². The van der Waals surface area contributed by atoms with Crippen molar-refractivity contribution in [3.63, 3.8) is 0 Å². The number of ether oxygens (including phenoxy) is 4. The average molecular weight is 485 g/mol. The number of aromatic nitrogens is 1. The van der Waals surface area contributed by atoms with Gasteiger partial charge in [-0.15, -0.1) is 0 Å². The lowest BCUT2D eigenvalue weighted by Crippen LogP contribution is -3.00. The first-order valence-corrected chi connectivity index (χ1v) is 9.71. The zero-order valence-corrected chi connectivity index (χ0v) is 18.4. The maximum atomic E-state index is 12.3. The number of hydrogen-bond donors (Lipinski definition) is 0. The number of halogens is 1. The van der Waals surface area contributed by atoms with Gasteiger partial charge in [0.15, 0.2) is 36.5 Å². The standard InChI is InChI=1S/C23H21N2O5.BrH/c1-27-19-5-3-18(4-6-19)25-14-20(30-23(25)26)13-24-10-8-16(9-11-24)17-2-7-21-22(12-17)29-15-28-21;/h2-12,20H,13-15H2,1H3;1H/q+1;/p-1. The molecule has 0 saturated carbocycles. The lowest BCUT2D eigenvalue weighted by atomic mass is 10.1. The molecule has 0 aliphatic carbocycles. The number of anilines is 1. The van der Waals surface area contributed by atoms with Gasteiger partial charge in [0.25, 0.3) is 0 Å². The number of nitrogens with zero attached hydrogens (tertiary/aromatic N) is 2. The summed E-state index contributed by atoms with van der Waals surface area (Å²) in [5.41, 5.74) is 2.93. The maximum absolute atomic E-state index is 12.3. The fourth-order valence-electron chi connectivity index (χ4n) is 3.67. The first kappa shape index (κ1) is 21.0. The molecule has 160 valence electrons. The van der Waals surface area contributed by atoms with Crippen molar-refractivity contribution in [1.82, 2.24) is 0 Å². The predicted octanol–water partition coefficient (Wildman–Crippen LogP) is 0.408. The summed E-state index contributed by atoms with van der Waals surface area (Å²) in [7, 11) is 1.62. The molecule has 2 aliphatic heterocycles. The summed E-state index contributed by atoms with van der Waals surface area (Å²) in [4.78, 5) is 13.9. The van der Waals surface area contributed by atoms with Crippen LogP contribution < -0.4 is 40.7 Å². The van der Waals surface area contributed by atoms with Crippen LogP contribution in [-0.4, -0.2) is 32.6 Å². The molecule has 7 nitrogen and oxygen atoms in total. The van der Waals surface area contributed by atoms with E-state index in [4.69, 9.17) is 18.9 Å². The number of benzene rings is 2. The first-order chi connectivity index (χ1) is 14.7. The summed E-state index contributed by atoms with van der Waals surface area (Å²) in [6.45, 7) is 1.35. The Kier molecular flexibility index (Phi) is 5.99. The largest absolute Gasteiger partial charge is 1.00 e. The molecule has 1 atom stereocenters. The number of methoxy groups -OCH3 is 1. The molecule has 0 N–H and O–H groups in total. The van der Waals surface area contributed by atoms with Crippen LogP contribution in [0.2, 0.25) is 0 Å². The number of pyridine rings is 1. The summed E-state index contributed by atoms with van der Waals surface area (Å²) >= 11 is 0. The third-order valence-electron chi connectivity index (χ3n) is 5.27. The van der Waals surface area contributed by atoms with Crippen molar-refractivity contribution in [2.24, 2.45) is 0 Å². The second-order valence-corrected chi connectivity index (χ2v) is 7.17. The Balaban J connectivity index is 0.00000231. The number of cyclic esters (lactones) is 1. The van der Waals surface area contributed by atoms with E-state index in [1.165, 1.54) is 0 Å². The molecule has 0 spiro atoms. The summed E-state index contributed by atoms with van der Waals surface area (Å²) in [6, 6.07) is 17.4. The molecular weight excluding hydrogens is 464 g/mol. The second kappa shape index (κ2) is 8.85. The van der Waals surface area contributed by atoms with Gasteiger partial charge < -0.3 is 35.9 Å². The quantitative estimate of drug-likeness (QED) is 0.491. The van der Waals surface area contributed by atoms with Crippen molar-refractivity contribution in [2.75, 3.05) is 25.3 Å². The van der Waals surface area contributed by atoms with E-state index in [-0.39, 0.29) is 36.0 Å². The molecule has 2 aromatic carbocycles. The normalized spacial score (nSPS) is 16.6. The summed E-state index contributed by atoms with van der Waals surface area (Å²) < 4.78 is 23.6. The first-order valence-electron chi connectivity index (χ1n) is 9.71. The zero-order chi connectivity index (χ0) is 20.5. The summed E-state index contributed by atoms with van der Waals surface area (Å²) in [5.74, 6) is 2.29. The molecule has 3 aromatic rings. The molecule has 2 aliphatic rings. The number of rotatable bonds is 5. The highest BCUT2D eigenvalue weighted by molar-refractivity contribution is 5.89. The van der Waals surface area contributed by atoms with Gasteiger partial charge in [0.05, 0.1) is 13.7 Å². The number of carbonyl (C=O) groups is 1. The summed E-state index contributed by atoms with van der Waals surface area (Å²) in [5, 5.41) is 0. The minimum atomic E-state index is -0.331. The van der Waals surface area contributed by atoms with Gasteiger partial charge in [-0.3, -0.25) is 4.90 Å². The SMILES string of the molecule is COc1ccc(N2CC(C[n+]3ccc(-c4ccc5c(c4)OCO5)cc3)OC2=O)cc1.[Br-]. The third-order valence-corrected chi connectivity index (χ3v) is 5.27. The van der Waals surface area contributed by atoms with E-state index in [9.17, 15) is 4.79 Å². The molecule has 1 fully saturated rings. The van der Waals surface area contributed by atoms with Gasteiger partial charge in [-0.2, -0.15) is 0 Å². The molecule has 0 radical (unpaired) electrons. The Morgan fingerprint density at radius 1 is 1.00 bits per heavy atom. The Labute approximate surface area is 190 Å². The molecule has 3 heterocycles. The summed E-state index contributed by atoms with van der Waals surface area (Å²) in [6.07, 6.45) is 3.43. The minimum absolute atomic E-state index is 0. The van der Waals surface area contributed by atoms with E-state index < -0.39 is 0 Å². The highest BCUT2D eigenvalue weighted by Gasteiger charge is 2.34. The van der Waals surface area contributed by atoms with Crippen LogP contribution in [0.5, 0.6) is 17.2 Å². The van der Waals surface area contributed by atoms with Crippen LogP contribution in [0.3, 0.4) is 0 Å². The number of carbonyl (C=O) groups excluding carboxylic acids is 1. The van der Waals surface area contributed by atoms with Crippen LogP contribution in [0, 0.1) is 0 Å². The maximum Gasteiger partial charge on any atom is 0.414 e. The number of fused-ring (bicyclic) bond motifs is 1. The molecule has 31 heavy (non-hydrogen) atoms. The Hall–Kier alpha value is -3.26. The second-order valence-electron chi connectivity index (χ2n) is 7.17. The Bertz CT molecular complexity index is 1070.